The van der Waals surface area contributed by atoms with Crippen molar-refractivity contribution in [2.24, 2.45) is 0 Å². The molecule has 0 aromatic heterocycles. The fourth-order valence-corrected chi connectivity index (χ4v) is 1.05. The van der Waals surface area contributed by atoms with Crippen molar-refractivity contribution >= 4 is 11.7 Å². The molecule has 0 spiro atoms. The molecule has 6 heteroatoms. The van der Waals surface area contributed by atoms with E-state index in [1.807, 2.05) is 0 Å². The summed E-state index contributed by atoms with van der Waals surface area (Å²) in [6.45, 7) is 1.74. The van der Waals surface area contributed by atoms with Crippen molar-refractivity contribution in [3.05, 3.63) is 33.9 Å². The normalized spacial score (nSPS) is 9.67. The number of carbonyl (C=O) groups excluding carboxylic acids is 1. The molecule has 80 valence electrons. The first-order valence-corrected chi connectivity index (χ1v) is 4.20. The highest BCUT2D eigenvalue weighted by atomic mass is 16.6. The number of carbonyl (C=O) groups is 1. The Hall–Kier alpha value is -2.11. The van der Waals surface area contributed by atoms with Crippen LogP contribution in [0.25, 0.3) is 0 Å². The molecule has 1 aromatic rings. The van der Waals surface area contributed by atoms with E-state index in [2.05, 4.69) is 4.74 Å². The predicted octanol–water partition coefficient (Wildman–Crippen LogP) is 1.48. The van der Waals surface area contributed by atoms with E-state index in [-0.39, 0.29) is 17.9 Å². The van der Waals surface area contributed by atoms with E-state index in [9.17, 15) is 14.9 Å². The van der Waals surface area contributed by atoms with Crippen LogP contribution in [-0.2, 0) is 4.74 Å². The number of hydrogen-bond donors (Lipinski definition) is 1. The van der Waals surface area contributed by atoms with Gasteiger partial charge in [0.05, 0.1) is 17.6 Å². The number of hydrogen-bond acceptors (Lipinski definition) is 5. The van der Waals surface area contributed by atoms with E-state index < -0.39 is 16.6 Å². The van der Waals surface area contributed by atoms with Gasteiger partial charge in [0, 0.05) is 0 Å². The van der Waals surface area contributed by atoms with Gasteiger partial charge in [-0.1, -0.05) is 0 Å². The van der Waals surface area contributed by atoms with Crippen molar-refractivity contribution in [2.75, 3.05) is 6.61 Å². The summed E-state index contributed by atoms with van der Waals surface area (Å²) in [4.78, 5) is 21.1. The Morgan fingerprint density at radius 2 is 2.27 bits per heavy atom. The Balaban J connectivity index is 3.17. The minimum Gasteiger partial charge on any atom is -0.508 e. The number of ether oxygens (including phenoxy) is 1. The Labute approximate surface area is 85.2 Å². The quantitative estimate of drug-likeness (QED) is 0.464. The van der Waals surface area contributed by atoms with Crippen molar-refractivity contribution in [3.8, 4) is 5.75 Å². The number of nitrogens with zero attached hydrogens (tertiary/aromatic N) is 1. The zero-order valence-electron chi connectivity index (χ0n) is 7.97. The van der Waals surface area contributed by atoms with Crippen LogP contribution in [0.5, 0.6) is 5.75 Å². The van der Waals surface area contributed by atoms with Crippen LogP contribution in [0.4, 0.5) is 5.69 Å². The van der Waals surface area contributed by atoms with Gasteiger partial charge >= 0.3 is 5.97 Å². The van der Waals surface area contributed by atoms with E-state index in [0.29, 0.717) is 0 Å². The number of phenolic OH excluding ortho intramolecular Hbond substituents is 1. The maximum absolute atomic E-state index is 11.3. The van der Waals surface area contributed by atoms with E-state index >= 15 is 0 Å². The molecule has 0 saturated carbocycles. The summed E-state index contributed by atoms with van der Waals surface area (Å²) in [5, 5.41) is 19.6. The van der Waals surface area contributed by atoms with Gasteiger partial charge in [-0.15, -0.1) is 0 Å². The molecule has 0 bridgehead atoms. The highest BCUT2D eigenvalue weighted by Crippen LogP contribution is 2.24. The number of esters is 1. The zero-order chi connectivity index (χ0) is 11.4. The van der Waals surface area contributed by atoms with Gasteiger partial charge in [0.1, 0.15) is 11.3 Å². The molecule has 0 saturated heterocycles. The summed E-state index contributed by atoms with van der Waals surface area (Å²) >= 11 is 0. The molecule has 0 atom stereocenters. The number of nitro benzene ring substituents is 1. The minimum absolute atomic E-state index is 0.136. The summed E-state index contributed by atoms with van der Waals surface area (Å²) in [5.41, 5.74) is -0.631. The van der Waals surface area contributed by atoms with Gasteiger partial charge in [-0.3, -0.25) is 10.1 Å². The first-order chi connectivity index (χ1) is 7.06. The first-order valence-electron chi connectivity index (χ1n) is 4.20. The second-order valence-corrected chi connectivity index (χ2v) is 2.68. The van der Waals surface area contributed by atoms with Gasteiger partial charge < -0.3 is 9.84 Å². The zero-order valence-corrected chi connectivity index (χ0v) is 7.97. The van der Waals surface area contributed by atoms with Gasteiger partial charge in [-0.25, -0.2) is 4.79 Å². The number of benzene rings is 1. The average Bonchev–Trinajstić information content (AvgIpc) is 2.17. The Morgan fingerprint density at radius 1 is 1.60 bits per heavy atom. The summed E-state index contributed by atoms with van der Waals surface area (Å²) < 4.78 is 4.63. The monoisotopic (exact) mass is 211 g/mol. The fourth-order valence-electron chi connectivity index (χ4n) is 1.05. The SMILES string of the molecule is CCOC(=O)c1ccc(O)cc1[N+](=O)[O-]. The maximum atomic E-state index is 11.3. The van der Waals surface area contributed by atoms with Crippen molar-refractivity contribution in [1.82, 2.24) is 0 Å². The molecule has 0 aliphatic carbocycles. The van der Waals surface area contributed by atoms with Crippen LogP contribution in [0, 0.1) is 10.1 Å². The van der Waals surface area contributed by atoms with Crippen molar-refractivity contribution in [3.63, 3.8) is 0 Å². The van der Waals surface area contributed by atoms with Crippen LogP contribution in [0.3, 0.4) is 0 Å². The lowest BCUT2D eigenvalue weighted by Gasteiger charge is -2.02. The fraction of sp³-hybridized carbons (Fsp3) is 0.222. The Kier molecular flexibility index (Phi) is 3.22. The molecule has 0 aliphatic heterocycles. The van der Waals surface area contributed by atoms with Gasteiger partial charge in [-0.05, 0) is 19.1 Å². The standard InChI is InChI=1S/C9H9NO5/c1-2-15-9(12)7-4-3-6(11)5-8(7)10(13)14/h3-5,11H,2H2,1H3. The number of rotatable bonds is 3. The van der Waals surface area contributed by atoms with E-state index in [4.69, 9.17) is 5.11 Å². The molecular formula is C9H9NO5. The molecular weight excluding hydrogens is 202 g/mol. The first kappa shape index (κ1) is 11.0. The van der Waals surface area contributed by atoms with E-state index in [1.54, 1.807) is 6.92 Å². The molecule has 6 nitrogen and oxygen atoms in total. The predicted molar refractivity (Wildman–Crippen MR) is 50.7 cm³/mol. The topological polar surface area (TPSA) is 89.7 Å². The lowest BCUT2D eigenvalue weighted by Crippen LogP contribution is -2.07. The summed E-state index contributed by atoms with van der Waals surface area (Å²) in [7, 11) is 0. The summed E-state index contributed by atoms with van der Waals surface area (Å²) in [6, 6.07) is 3.26. The highest BCUT2D eigenvalue weighted by molar-refractivity contribution is 5.94. The van der Waals surface area contributed by atoms with Crippen LogP contribution in [-0.4, -0.2) is 22.6 Å². The molecule has 15 heavy (non-hydrogen) atoms. The second-order valence-electron chi connectivity index (χ2n) is 2.68. The van der Waals surface area contributed by atoms with Gasteiger partial charge in [0.15, 0.2) is 0 Å². The van der Waals surface area contributed by atoms with Crippen LogP contribution < -0.4 is 0 Å². The molecule has 0 radical (unpaired) electrons. The minimum atomic E-state index is -0.774. The number of nitro groups is 1. The molecule has 0 fully saturated rings. The maximum Gasteiger partial charge on any atom is 0.345 e. The van der Waals surface area contributed by atoms with Crippen molar-refractivity contribution in [2.45, 2.75) is 6.92 Å². The molecule has 0 aliphatic rings. The molecule has 1 N–H and O–H groups in total. The van der Waals surface area contributed by atoms with Crippen LogP contribution in [0.15, 0.2) is 18.2 Å². The molecule has 0 amide bonds. The molecule has 0 heterocycles. The lowest BCUT2D eigenvalue weighted by molar-refractivity contribution is -0.385. The Morgan fingerprint density at radius 3 is 2.80 bits per heavy atom. The third kappa shape index (κ3) is 2.43. The lowest BCUT2D eigenvalue weighted by atomic mass is 10.2. The number of aromatic hydroxyl groups is 1. The average molecular weight is 211 g/mol. The largest absolute Gasteiger partial charge is 0.508 e. The van der Waals surface area contributed by atoms with Gasteiger partial charge in [0.2, 0.25) is 0 Å². The number of phenols is 1. The van der Waals surface area contributed by atoms with Crippen LogP contribution >= 0.6 is 0 Å². The van der Waals surface area contributed by atoms with Crippen LogP contribution in [0.2, 0.25) is 0 Å². The molecule has 0 unspecified atom stereocenters. The Bertz CT molecular complexity index is 401. The third-order valence-electron chi connectivity index (χ3n) is 1.67. The van der Waals surface area contributed by atoms with E-state index in [0.717, 1.165) is 12.1 Å². The van der Waals surface area contributed by atoms with Crippen molar-refractivity contribution in [1.29, 1.82) is 0 Å². The summed E-state index contributed by atoms with van der Waals surface area (Å²) in [6.07, 6.45) is 0. The second kappa shape index (κ2) is 4.41. The summed E-state index contributed by atoms with van der Waals surface area (Å²) in [5.74, 6) is -1.04. The van der Waals surface area contributed by atoms with Gasteiger partial charge in [-0.2, -0.15) is 0 Å². The molecule has 1 aromatic carbocycles. The van der Waals surface area contributed by atoms with Crippen LogP contribution in [0.1, 0.15) is 17.3 Å². The van der Waals surface area contributed by atoms with E-state index in [1.165, 1.54) is 6.07 Å². The smallest absolute Gasteiger partial charge is 0.345 e. The van der Waals surface area contributed by atoms with Crippen molar-refractivity contribution < 1.29 is 19.6 Å². The van der Waals surface area contributed by atoms with Gasteiger partial charge in [0.25, 0.3) is 5.69 Å². The third-order valence-corrected chi connectivity index (χ3v) is 1.67. The molecule has 1 rings (SSSR count). The highest BCUT2D eigenvalue weighted by Gasteiger charge is 2.21.